The van der Waals surface area contributed by atoms with Crippen molar-refractivity contribution >= 4 is 13.6 Å². The molecule has 2 bridgehead atoms. The van der Waals surface area contributed by atoms with Crippen molar-refractivity contribution in [3.05, 3.63) is 35.9 Å². The quantitative estimate of drug-likeness (QED) is 0.771. The first-order valence-electron chi connectivity index (χ1n) is 6.78. The number of rotatable bonds is 4. The lowest BCUT2D eigenvalue weighted by molar-refractivity contribution is -0.132. The lowest BCUT2D eigenvalue weighted by Crippen LogP contribution is -2.38. The molecule has 2 fully saturated rings. The maximum absolute atomic E-state index is 12.0. The number of ketones is 1. The molecule has 98 valence electrons. The van der Waals surface area contributed by atoms with Gasteiger partial charge >= 0.3 is 0 Å². The Kier molecular flexibility index (Phi) is 3.23. The number of benzene rings is 1. The van der Waals surface area contributed by atoms with Crippen LogP contribution in [0.25, 0.3) is 0 Å². The molecule has 19 heavy (non-hydrogen) atoms. The fourth-order valence-corrected chi connectivity index (χ4v) is 3.24. The zero-order valence-corrected chi connectivity index (χ0v) is 11.0. The molecule has 2 aliphatic rings. The van der Waals surface area contributed by atoms with E-state index in [9.17, 15) is 4.79 Å². The summed E-state index contributed by atoms with van der Waals surface area (Å²) in [6, 6.07) is 9.44. The predicted molar refractivity (Wildman–Crippen MR) is 71.8 cm³/mol. The smallest absolute Gasteiger partial charge is 0.143 e. The first kappa shape index (κ1) is 12.9. The molecule has 2 radical (unpaired) electrons. The molecule has 1 aliphatic carbocycles. The SMILES string of the molecule is [B][C@@H]1O[C@@]2(CC)CC(=O)[C@@H]1[C@@H]2OCc1ccccc1. The fourth-order valence-electron chi connectivity index (χ4n) is 3.24. The fraction of sp³-hybridized carbons (Fsp3) is 0.533. The van der Waals surface area contributed by atoms with Gasteiger partial charge in [0.15, 0.2) is 0 Å². The highest BCUT2D eigenvalue weighted by Crippen LogP contribution is 2.49. The second kappa shape index (κ2) is 4.76. The van der Waals surface area contributed by atoms with Crippen LogP contribution in [0.1, 0.15) is 25.3 Å². The van der Waals surface area contributed by atoms with E-state index >= 15 is 0 Å². The van der Waals surface area contributed by atoms with Gasteiger partial charge in [0, 0.05) is 12.4 Å². The van der Waals surface area contributed by atoms with E-state index in [1.807, 2.05) is 37.3 Å². The predicted octanol–water partition coefficient (Wildman–Crippen LogP) is 1.83. The van der Waals surface area contributed by atoms with Gasteiger partial charge in [-0.25, -0.2) is 0 Å². The number of fused-ring (bicyclic) bond motifs is 2. The van der Waals surface area contributed by atoms with Crippen LogP contribution in [0.2, 0.25) is 0 Å². The number of hydrogen-bond acceptors (Lipinski definition) is 3. The van der Waals surface area contributed by atoms with Crippen molar-refractivity contribution in [1.82, 2.24) is 0 Å². The van der Waals surface area contributed by atoms with Gasteiger partial charge in [-0.3, -0.25) is 4.79 Å². The van der Waals surface area contributed by atoms with Crippen LogP contribution in [0, 0.1) is 5.92 Å². The van der Waals surface area contributed by atoms with E-state index < -0.39 is 11.6 Å². The van der Waals surface area contributed by atoms with Gasteiger partial charge in [-0.05, 0) is 12.0 Å². The highest BCUT2D eigenvalue weighted by molar-refractivity contribution is 6.14. The first-order valence-corrected chi connectivity index (χ1v) is 6.78. The maximum atomic E-state index is 12.0. The number of ether oxygens (including phenoxy) is 2. The van der Waals surface area contributed by atoms with Gasteiger partial charge in [-0.15, -0.1) is 0 Å². The standard InChI is InChI=1S/C15H17BO3/c1-2-15-8-11(17)12(14(16)19-15)13(15)18-9-10-6-4-3-5-7-10/h3-7,12-14H,2,8-9H2,1H3/t12-,13+,14-,15+/m1/s1. The number of carbonyl (C=O) groups is 1. The van der Waals surface area contributed by atoms with Gasteiger partial charge in [0.05, 0.1) is 18.6 Å². The van der Waals surface area contributed by atoms with E-state index in [1.54, 1.807) is 0 Å². The van der Waals surface area contributed by atoms with Crippen LogP contribution in [0.3, 0.4) is 0 Å². The minimum atomic E-state index is -0.512. The summed E-state index contributed by atoms with van der Waals surface area (Å²) >= 11 is 0. The van der Waals surface area contributed by atoms with E-state index in [2.05, 4.69) is 0 Å². The third-order valence-corrected chi connectivity index (χ3v) is 4.29. The molecule has 0 aromatic heterocycles. The molecule has 1 saturated carbocycles. The van der Waals surface area contributed by atoms with Gasteiger partial charge in [-0.2, -0.15) is 0 Å². The molecule has 0 spiro atoms. The van der Waals surface area contributed by atoms with Crippen molar-refractivity contribution in [1.29, 1.82) is 0 Å². The molecule has 1 aromatic rings. The van der Waals surface area contributed by atoms with Crippen LogP contribution in [0.4, 0.5) is 0 Å². The van der Waals surface area contributed by atoms with Gasteiger partial charge in [0.1, 0.15) is 19.2 Å². The molecule has 0 unspecified atom stereocenters. The third-order valence-electron chi connectivity index (χ3n) is 4.29. The average molecular weight is 256 g/mol. The summed E-state index contributed by atoms with van der Waals surface area (Å²) in [7, 11) is 5.91. The average Bonchev–Trinajstić information content (AvgIpc) is 2.85. The summed E-state index contributed by atoms with van der Waals surface area (Å²) in [5.74, 6) is -0.123. The monoisotopic (exact) mass is 256 g/mol. The van der Waals surface area contributed by atoms with Crippen molar-refractivity contribution in [2.75, 3.05) is 0 Å². The zero-order chi connectivity index (χ0) is 13.5. The van der Waals surface area contributed by atoms with Crippen molar-refractivity contribution in [2.45, 2.75) is 44.1 Å². The van der Waals surface area contributed by atoms with E-state index in [-0.39, 0.29) is 17.8 Å². The summed E-state index contributed by atoms with van der Waals surface area (Å²) < 4.78 is 11.8. The van der Waals surface area contributed by atoms with Crippen molar-refractivity contribution < 1.29 is 14.3 Å². The van der Waals surface area contributed by atoms with E-state index in [0.717, 1.165) is 12.0 Å². The van der Waals surface area contributed by atoms with Crippen LogP contribution < -0.4 is 0 Å². The minimum absolute atomic E-state index is 0.179. The number of carbonyl (C=O) groups excluding carboxylic acids is 1. The molecule has 4 heteroatoms. The Morgan fingerprint density at radius 1 is 1.42 bits per heavy atom. The van der Waals surface area contributed by atoms with Crippen LogP contribution in [0.5, 0.6) is 0 Å². The van der Waals surface area contributed by atoms with Crippen molar-refractivity contribution in [3.63, 3.8) is 0 Å². The minimum Gasteiger partial charge on any atom is -0.378 e. The number of Topliss-reactive ketones (excluding diaryl/α,β-unsaturated/α-hetero) is 1. The first-order chi connectivity index (χ1) is 9.16. The normalized spacial score (nSPS) is 36.9. The summed E-state index contributed by atoms with van der Waals surface area (Å²) in [5.41, 5.74) is 0.594. The number of hydrogen-bond donors (Lipinski definition) is 0. The Hall–Kier alpha value is -1.13. The van der Waals surface area contributed by atoms with E-state index in [1.165, 1.54) is 0 Å². The highest BCUT2D eigenvalue weighted by Gasteiger charge is 2.62. The summed E-state index contributed by atoms with van der Waals surface area (Å²) in [5, 5.41) is 0. The Balaban J connectivity index is 1.75. The molecule has 0 N–H and O–H groups in total. The molecule has 3 nitrogen and oxygen atoms in total. The molecule has 1 saturated heterocycles. The molecule has 1 aliphatic heterocycles. The second-order valence-electron chi connectivity index (χ2n) is 5.39. The maximum Gasteiger partial charge on any atom is 0.143 e. The molecule has 0 amide bonds. The molecule has 4 atom stereocenters. The van der Waals surface area contributed by atoms with Gasteiger partial charge < -0.3 is 9.47 Å². The van der Waals surface area contributed by atoms with E-state index in [4.69, 9.17) is 17.3 Å². The van der Waals surface area contributed by atoms with Crippen molar-refractivity contribution in [2.24, 2.45) is 5.92 Å². The summed E-state index contributed by atoms with van der Waals surface area (Å²) in [6.07, 6.45) is 0.976. The van der Waals surface area contributed by atoms with Crippen LogP contribution in [-0.4, -0.2) is 31.3 Å². The Labute approximate surface area is 114 Å². The van der Waals surface area contributed by atoms with Crippen LogP contribution in [0.15, 0.2) is 30.3 Å². The molecular weight excluding hydrogens is 239 g/mol. The Morgan fingerprint density at radius 2 is 2.16 bits per heavy atom. The topological polar surface area (TPSA) is 35.5 Å². The van der Waals surface area contributed by atoms with Gasteiger partial charge in [0.2, 0.25) is 0 Å². The summed E-state index contributed by atoms with van der Waals surface area (Å²) in [4.78, 5) is 12.0. The lowest BCUT2D eigenvalue weighted by atomic mass is 9.85. The Morgan fingerprint density at radius 3 is 2.79 bits per heavy atom. The summed E-state index contributed by atoms with van der Waals surface area (Å²) in [6.45, 7) is 2.51. The van der Waals surface area contributed by atoms with Crippen molar-refractivity contribution in [3.8, 4) is 0 Å². The Bertz CT molecular complexity index is 476. The highest BCUT2D eigenvalue weighted by atomic mass is 16.6. The lowest BCUT2D eigenvalue weighted by Gasteiger charge is -2.30. The van der Waals surface area contributed by atoms with E-state index in [0.29, 0.717) is 13.0 Å². The molecular formula is C15H17BO3. The second-order valence-corrected chi connectivity index (χ2v) is 5.39. The third kappa shape index (κ3) is 2.03. The molecule has 3 rings (SSSR count). The molecule has 1 heterocycles. The molecule has 1 aromatic carbocycles. The van der Waals surface area contributed by atoms with Gasteiger partial charge in [0.25, 0.3) is 0 Å². The van der Waals surface area contributed by atoms with Crippen LogP contribution in [-0.2, 0) is 20.9 Å². The zero-order valence-electron chi connectivity index (χ0n) is 11.0. The van der Waals surface area contributed by atoms with Crippen LogP contribution >= 0.6 is 0 Å². The largest absolute Gasteiger partial charge is 0.378 e. The van der Waals surface area contributed by atoms with Gasteiger partial charge in [-0.1, -0.05) is 37.3 Å².